The van der Waals surface area contributed by atoms with Crippen molar-refractivity contribution in [2.45, 2.75) is 19.9 Å². The third-order valence-electron chi connectivity index (χ3n) is 1.75. The number of sulfonamides is 1. The summed E-state index contributed by atoms with van der Waals surface area (Å²) >= 11 is 0. The number of nitrogens with one attached hydrogen (secondary N) is 1. The smallest absolute Gasteiger partial charge is 0.213 e. The predicted octanol–water partition coefficient (Wildman–Crippen LogP) is -0.0779. The molecule has 0 amide bonds. The number of nitrogens with zero attached hydrogens (tertiary/aromatic N) is 1. The molecule has 0 bridgehead atoms. The first-order valence-corrected chi connectivity index (χ1v) is 6.22. The maximum absolute atomic E-state index is 11.4. The molecule has 0 spiro atoms. The normalized spacial score (nSPS) is 14.1. The van der Waals surface area contributed by atoms with Gasteiger partial charge in [-0.15, -0.1) is 0 Å². The maximum Gasteiger partial charge on any atom is 0.213 e. The second-order valence-corrected chi connectivity index (χ2v) is 5.13. The molecule has 0 aliphatic rings. The molecule has 86 valence electrons. The Kier molecular flexibility index (Phi) is 3.83. The zero-order chi connectivity index (χ0) is 11.5. The highest BCUT2D eigenvalue weighted by Crippen LogP contribution is 2.12. The van der Waals surface area contributed by atoms with Gasteiger partial charge in [0.15, 0.2) is 0 Å². The molecule has 7 heteroatoms. The van der Waals surface area contributed by atoms with Crippen molar-refractivity contribution in [3.63, 3.8) is 0 Å². The summed E-state index contributed by atoms with van der Waals surface area (Å²) in [5, 5.41) is 0. The van der Waals surface area contributed by atoms with E-state index < -0.39 is 16.1 Å². The van der Waals surface area contributed by atoms with Gasteiger partial charge < -0.3 is 10.2 Å². The van der Waals surface area contributed by atoms with Crippen LogP contribution in [0.2, 0.25) is 0 Å². The highest BCUT2D eigenvalue weighted by molar-refractivity contribution is 7.89. The quantitative estimate of drug-likeness (QED) is 0.741. The van der Waals surface area contributed by atoms with Crippen LogP contribution >= 0.6 is 0 Å². The molecule has 0 radical (unpaired) electrons. The number of hydrogen-bond acceptors (Lipinski definition) is 5. The van der Waals surface area contributed by atoms with Crippen molar-refractivity contribution in [1.29, 1.82) is 0 Å². The topological polar surface area (TPSA) is 98.2 Å². The number of aryl methyl sites for hydroxylation is 1. The van der Waals surface area contributed by atoms with Gasteiger partial charge in [0.2, 0.25) is 15.9 Å². The molecule has 1 atom stereocenters. The van der Waals surface area contributed by atoms with Crippen LogP contribution < -0.4 is 10.5 Å². The molecule has 0 aliphatic heterocycles. The molecule has 15 heavy (non-hydrogen) atoms. The Balaban J connectivity index is 2.67. The van der Waals surface area contributed by atoms with Crippen molar-refractivity contribution in [2.24, 2.45) is 5.73 Å². The van der Waals surface area contributed by atoms with Crippen LogP contribution in [0.1, 0.15) is 24.6 Å². The van der Waals surface area contributed by atoms with Gasteiger partial charge >= 0.3 is 0 Å². The third-order valence-corrected chi connectivity index (χ3v) is 3.24. The van der Waals surface area contributed by atoms with Gasteiger partial charge in [-0.25, -0.2) is 18.1 Å². The molecule has 0 fully saturated rings. The van der Waals surface area contributed by atoms with E-state index >= 15 is 0 Å². The summed E-state index contributed by atoms with van der Waals surface area (Å²) < 4.78 is 30.3. The summed E-state index contributed by atoms with van der Waals surface area (Å²) in [5.41, 5.74) is 5.17. The summed E-state index contributed by atoms with van der Waals surface area (Å²) in [5.74, 6) is 0.903. The molecule has 3 N–H and O–H groups in total. The molecule has 0 aromatic carbocycles. The minimum Gasteiger partial charge on any atom is -0.444 e. The molecule has 6 nitrogen and oxygen atoms in total. The number of rotatable bonds is 5. The zero-order valence-corrected chi connectivity index (χ0v) is 9.54. The van der Waals surface area contributed by atoms with E-state index in [-0.39, 0.29) is 12.3 Å². The largest absolute Gasteiger partial charge is 0.444 e. The molecule has 0 aliphatic carbocycles. The van der Waals surface area contributed by atoms with Crippen molar-refractivity contribution in [1.82, 2.24) is 9.71 Å². The first-order chi connectivity index (χ1) is 6.94. The maximum atomic E-state index is 11.4. The Morgan fingerprint density at radius 1 is 1.67 bits per heavy atom. The number of aromatic nitrogens is 1. The molecule has 0 saturated heterocycles. The van der Waals surface area contributed by atoms with Gasteiger partial charge in [-0.1, -0.05) is 0 Å². The van der Waals surface area contributed by atoms with Crippen LogP contribution in [0.5, 0.6) is 0 Å². The van der Waals surface area contributed by atoms with Gasteiger partial charge in [-0.2, -0.15) is 0 Å². The molecule has 1 aromatic rings. The van der Waals surface area contributed by atoms with E-state index in [1.165, 1.54) is 0 Å². The predicted molar refractivity (Wildman–Crippen MR) is 55.6 cm³/mol. The summed E-state index contributed by atoms with van der Waals surface area (Å²) in [6, 6.07) is -0.477. The average Bonchev–Trinajstić information content (AvgIpc) is 2.50. The summed E-state index contributed by atoms with van der Waals surface area (Å²) in [7, 11) is -3.34. The van der Waals surface area contributed by atoms with Gasteiger partial charge in [-0.3, -0.25) is 0 Å². The molecule has 1 heterocycles. The van der Waals surface area contributed by atoms with E-state index in [0.717, 1.165) is 0 Å². The Labute approximate surface area is 88.9 Å². The molecular weight excluding hydrogens is 218 g/mol. The van der Waals surface area contributed by atoms with Gasteiger partial charge in [0.05, 0.1) is 18.0 Å². The van der Waals surface area contributed by atoms with E-state index in [1.807, 2.05) is 0 Å². The number of nitrogens with two attached hydrogens (primary N) is 1. The van der Waals surface area contributed by atoms with Crippen LogP contribution in [0.4, 0.5) is 0 Å². The van der Waals surface area contributed by atoms with E-state index in [0.29, 0.717) is 11.7 Å². The molecule has 1 aromatic heterocycles. The first kappa shape index (κ1) is 12.2. The van der Waals surface area contributed by atoms with E-state index in [9.17, 15) is 8.42 Å². The van der Waals surface area contributed by atoms with Crippen molar-refractivity contribution >= 4 is 10.0 Å². The fourth-order valence-corrected chi connectivity index (χ4v) is 2.17. The van der Waals surface area contributed by atoms with Gasteiger partial charge in [-0.05, 0) is 13.8 Å². The summed E-state index contributed by atoms with van der Waals surface area (Å²) in [6.07, 6.45) is 1.54. The fourth-order valence-electron chi connectivity index (χ4n) is 1.11. The Morgan fingerprint density at radius 2 is 2.33 bits per heavy atom. The molecular formula is C8H15N3O3S. The summed E-state index contributed by atoms with van der Waals surface area (Å²) in [6.45, 7) is 3.50. The average molecular weight is 233 g/mol. The SMILES string of the molecule is Cc1cnc(C(C)NS(=O)(=O)CCN)o1. The van der Waals surface area contributed by atoms with E-state index in [2.05, 4.69) is 9.71 Å². The lowest BCUT2D eigenvalue weighted by Crippen LogP contribution is -2.32. The molecule has 1 unspecified atom stereocenters. The third kappa shape index (κ3) is 3.61. The van der Waals surface area contributed by atoms with Crippen LogP contribution in [-0.4, -0.2) is 25.7 Å². The van der Waals surface area contributed by atoms with Crippen molar-refractivity contribution < 1.29 is 12.8 Å². The Hall–Kier alpha value is -0.920. The standard InChI is InChI=1S/C8H15N3O3S/c1-6-5-10-8(14-6)7(2)11-15(12,13)4-3-9/h5,7,11H,3-4,9H2,1-2H3. The highest BCUT2D eigenvalue weighted by atomic mass is 32.2. The summed E-state index contributed by atoms with van der Waals surface area (Å²) in [4.78, 5) is 3.94. The van der Waals surface area contributed by atoms with Gasteiger partial charge in [0.25, 0.3) is 0 Å². The lowest BCUT2D eigenvalue weighted by Gasteiger charge is -2.09. The number of oxazole rings is 1. The first-order valence-electron chi connectivity index (χ1n) is 4.57. The van der Waals surface area contributed by atoms with Crippen LogP contribution in [-0.2, 0) is 10.0 Å². The zero-order valence-electron chi connectivity index (χ0n) is 8.73. The van der Waals surface area contributed by atoms with Gasteiger partial charge in [0.1, 0.15) is 5.76 Å². The molecule has 0 saturated carbocycles. The Bertz CT molecular complexity index is 413. The highest BCUT2D eigenvalue weighted by Gasteiger charge is 2.18. The lowest BCUT2D eigenvalue weighted by molar-refractivity contribution is 0.428. The number of hydrogen-bond donors (Lipinski definition) is 2. The van der Waals surface area contributed by atoms with Crippen LogP contribution in [0, 0.1) is 6.92 Å². The van der Waals surface area contributed by atoms with Crippen LogP contribution in [0.3, 0.4) is 0 Å². The molecule has 1 rings (SSSR count). The second-order valence-electron chi connectivity index (χ2n) is 3.26. The van der Waals surface area contributed by atoms with E-state index in [1.54, 1.807) is 20.0 Å². The van der Waals surface area contributed by atoms with E-state index in [4.69, 9.17) is 10.2 Å². The van der Waals surface area contributed by atoms with Crippen molar-refractivity contribution in [3.05, 3.63) is 17.8 Å². The second kappa shape index (κ2) is 4.73. The monoisotopic (exact) mass is 233 g/mol. The fraction of sp³-hybridized carbons (Fsp3) is 0.625. The van der Waals surface area contributed by atoms with Crippen LogP contribution in [0.25, 0.3) is 0 Å². The minimum atomic E-state index is -3.34. The van der Waals surface area contributed by atoms with Crippen molar-refractivity contribution in [2.75, 3.05) is 12.3 Å². The lowest BCUT2D eigenvalue weighted by atomic mass is 10.4. The van der Waals surface area contributed by atoms with Crippen molar-refractivity contribution in [3.8, 4) is 0 Å². The van der Waals surface area contributed by atoms with Crippen LogP contribution in [0.15, 0.2) is 10.6 Å². The minimum absolute atomic E-state index is 0.0899. The Morgan fingerprint density at radius 3 is 2.80 bits per heavy atom. The van der Waals surface area contributed by atoms with Gasteiger partial charge in [0, 0.05) is 6.54 Å².